The largest absolute Gasteiger partial charge is 0.0836 e. The fourth-order valence-electron chi connectivity index (χ4n) is 8.38. The van der Waals surface area contributed by atoms with Crippen LogP contribution >= 0.6 is 0 Å². The third kappa shape index (κ3) is 4.52. The van der Waals surface area contributed by atoms with Crippen LogP contribution in [0.3, 0.4) is 0 Å². The minimum absolute atomic E-state index is 0.249. The molecule has 0 aromatic heterocycles. The predicted molar refractivity (Wildman–Crippen MR) is 195 cm³/mol. The van der Waals surface area contributed by atoms with Crippen LogP contribution in [0.1, 0.15) is 36.3 Å². The van der Waals surface area contributed by atoms with E-state index in [0.717, 1.165) is 19.3 Å². The Morgan fingerprint density at radius 1 is 0.565 bits per heavy atom. The van der Waals surface area contributed by atoms with E-state index in [9.17, 15) is 0 Å². The van der Waals surface area contributed by atoms with Crippen LogP contribution in [-0.4, -0.2) is 0 Å². The van der Waals surface area contributed by atoms with E-state index in [1.165, 1.54) is 71.0 Å². The lowest BCUT2D eigenvalue weighted by atomic mass is 9.67. The Kier molecular flexibility index (Phi) is 6.67. The summed E-state index contributed by atoms with van der Waals surface area (Å²) in [4.78, 5) is 0. The zero-order valence-corrected chi connectivity index (χ0v) is 25.9. The molecule has 46 heavy (non-hydrogen) atoms. The zero-order chi connectivity index (χ0) is 30.5. The molecule has 0 fully saturated rings. The summed E-state index contributed by atoms with van der Waals surface area (Å²) < 4.78 is 0. The van der Waals surface area contributed by atoms with Crippen molar-refractivity contribution in [2.45, 2.75) is 25.2 Å². The van der Waals surface area contributed by atoms with Gasteiger partial charge in [0.25, 0.3) is 0 Å². The molecule has 4 aliphatic rings. The van der Waals surface area contributed by atoms with Crippen molar-refractivity contribution < 1.29 is 0 Å². The second-order valence-corrected chi connectivity index (χ2v) is 13.0. The highest BCUT2D eigenvalue weighted by Crippen LogP contribution is 2.46. The number of allylic oxidation sites excluding steroid dienone is 12. The molecule has 220 valence electrons. The van der Waals surface area contributed by atoms with E-state index in [1.807, 2.05) is 0 Å². The molecule has 3 atom stereocenters. The topological polar surface area (TPSA) is 0 Å². The van der Waals surface area contributed by atoms with Crippen LogP contribution in [0.15, 0.2) is 181 Å². The maximum Gasteiger partial charge on any atom is 0.0137 e. The van der Waals surface area contributed by atoms with Crippen LogP contribution in [0.5, 0.6) is 0 Å². The molecule has 9 rings (SSSR count). The van der Waals surface area contributed by atoms with Gasteiger partial charge in [-0.3, -0.25) is 0 Å². The Labute approximate surface area is 271 Å². The molecule has 5 aromatic carbocycles. The van der Waals surface area contributed by atoms with Crippen LogP contribution in [0, 0.1) is 11.8 Å². The number of hydrogen-bond donors (Lipinski definition) is 0. The first kappa shape index (κ1) is 27.1. The predicted octanol–water partition coefficient (Wildman–Crippen LogP) is 10.0. The minimum Gasteiger partial charge on any atom is -0.0836 e. The van der Waals surface area contributed by atoms with Crippen molar-refractivity contribution in [2.75, 3.05) is 0 Å². The fourth-order valence-corrected chi connectivity index (χ4v) is 8.38. The SMILES string of the molecule is C1=CC2C(C3=CC(C4=CCCC=C4)=CC(c4ccccc4)C3)=c3ccccc3=C(c3cc4ccccc4c4ccccc34)C2C=C1. The van der Waals surface area contributed by atoms with Crippen LogP contribution in [-0.2, 0) is 0 Å². The van der Waals surface area contributed by atoms with Gasteiger partial charge < -0.3 is 0 Å². The molecule has 0 spiro atoms. The molecule has 0 bridgehead atoms. The Balaban J connectivity index is 1.34. The number of hydrogen-bond acceptors (Lipinski definition) is 0. The van der Waals surface area contributed by atoms with Gasteiger partial charge in [-0.2, -0.15) is 0 Å². The first-order valence-electron chi connectivity index (χ1n) is 16.8. The molecule has 0 aliphatic heterocycles. The van der Waals surface area contributed by atoms with Crippen LogP contribution in [0.2, 0.25) is 0 Å². The Morgan fingerprint density at radius 2 is 1.24 bits per heavy atom. The number of benzene rings is 5. The minimum atomic E-state index is 0.249. The molecule has 0 amide bonds. The lowest BCUT2D eigenvalue weighted by Crippen LogP contribution is -2.40. The number of rotatable bonds is 4. The van der Waals surface area contributed by atoms with Gasteiger partial charge in [0.1, 0.15) is 0 Å². The van der Waals surface area contributed by atoms with Crippen LogP contribution in [0.4, 0.5) is 0 Å². The zero-order valence-electron chi connectivity index (χ0n) is 25.9. The molecule has 0 heteroatoms. The van der Waals surface area contributed by atoms with Crippen molar-refractivity contribution in [3.63, 3.8) is 0 Å². The van der Waals surface area contributed by atoms with Gasteiger partial charge >= 0.3 is 0 Å². The summed E-state index contributed by atoms with van der Waals surface area (Å²) in [6.07, 6.45) is 24.8. The maximum absolute atomic E-state index is 2.52. The molecule has 0 N–H and O–H groups in total. The third-order valence-corrected chi connectivity index (χ3v) is 10.4. The van der Waals surface area contributed by atoms with Gasteiger partial charge in [-0.25, -0.2) is 0 Å². The summed E-state index contributed by atoms with van der Waals surface area (Å²) in [6.45, 7) is 0. The van der Waals surface area contributed by atoms with Gasteiger partial charge in [-0.1, -0.05) is 158 Å². The normalized spacial score (nSPS) is 21.9. The van der Waals surface area contributed by atoms with Gasteiger partial charge in [-0.05, 0) is 96.3 Å². The van der Waals surface area contributed by atoms with Crippen LogP contribution in [0.25, 0.3) is 32.7 Å². The molecular formula is C46H36. The molecule has 0 saturated carbocycles. The van der Waals surface area contributed by atoms with E-state index < -0.39 is 0 Å². The monoisotopic (exact) mass is 588 g/mol. The van der Waals surface area contributed by atoms with E-state index in [0.29, 0.717) is 5.92 Å². The van der Waals surface area contributed by atoms with Crippen molar-refractivity contribution in [1.29, 1.82) is 0 Å². The van der Waals surface area contributed by atoms with Gasteiger partial charge in [0.2, 0.25) is 0 Å². The van der Waals surface area contributed by atoms with Crippen molar-refractivity contribution in [1.82, 2.24) is 0 Å². The average molecular weight is 589 g/mol. The van der Waals surface area contributed by atoms with Gasteiger partial charge in [-0.15, -0.1) is 0 Å². The summed E-state index contributed by atoms with van der Waals surface area (Å²) in [5, 5.41) is 8.02. The van der Waals surface area contributed by atoms with Gasteiger partial charge in [0.05, 0.1) is 0 Å². The molecule has 5 aromatic rings. The summed E-state index contributed by atoms with van der Waals surface area (Å²) in [5.41, 5.74) is 9.86. The summed E-state index contributed by atoms with van der Waals surface area (Å²) in [6, 6.07) is 40.6. The second-order valence-electron chi connectivity index (χ2n) is 13.0. The van der Waals surface area contributed by atoms with Crippen molar-refractivity contribution in [3.05, 3.63) is 202 Å². The standard InChI is InChI=1S/C46H36/c1-3-15-31(16-4-1)34-27-35(32-17-5-2-6-18-32)29-36(28-34)45-40-23-11-13-25-42(40)46(43-26-14-12-24-41(43)45)44-30-33-19-7-8-20-37(33)38-21-9-10-22-39(38)44/h1,3-5,7-27,29-30,34,40,42H,2,6,28H2. The summed E-state index contributed by atoms with van der Waals surface area (Å²) >= 11 is 0. The molecule has 4 aliphatic carbocycles. The molecular weight excluding hydrogens is 553 g/mol. The molecule has 0 heterocycles. The highest BCUT2D eigenvalue weighted by atomic mass is 14.4. The van der Waals surface area contributed by atoms with E-state index in [-0.39, 0.29) is 11.8 Å². The highest BCUT2D eigenvalue weighted by Gasteiger charge is 2.34. The quantitative estimate of drug-likeness (QED) is 0.183. The first-order valence-corrected chi connectivity index (χ1v) is 16.8. The smallest absolute Gasteiger partial charge is 0.0137 e. The lowest BCUT2D eigenvalue weighted by Gasteiger charge is -2.36. The van der Waals surface area contributed by atoms with Crippen molar-refractivity contribution >= 4 is 32.7 Å². The lowest BCUT2D eigenvalue weighted by molar-refractivity contribution is 0.675. The molecule has 0 saturated heterocycles. The maximum atomic E-state index is 2.52. The fraction of sp³-hybridized carbons (Fsp3) is 0.130. The third-order valence-electron chi connectivity index (χ3n) is 10.4. The Hall–Kier alpha value is -5.20. The van der Waals surface area contributed by atoms with E-state index in [2.05, 4.69) is 164 Å². The Bertz CT molecular complexity index is 2330. The van der Waals surface area contributed by atoms with E-state index >= 15 is 0 Å². The second kappa shape index (κ2) is 11.3. The summed E-state index contributed by atoms with van der Waals surface area (Å²) in [7, 11) is 0. The number of fused-ring (bicyclic) bond motifs is 5. The molecule has 0 nitrogen and oxygen atoms in total. The highest BCUT2D eigenvalue weighted by molar-refractivity contribution is 6.12. The van der Waals surface area contributed by atoms with Gasteiger partial charge in [0.15, 0.2) is 0 Å². The van der Waals surface area contributed by atoms with E-state index in [1.54, 1.807) is 0 Å². The van der Waals surface area contributed by atoms with Crippen molar-refractivity contribution in [2.24, 2.45) is 11.8 Å². The first-order chi connectivity index (χ1) is 22.8. The Morgan fingerprint density at radius 3 is 2.02 bits per heavy atom. The van der Waals surface area contributed by atoms with Crippen molar-refractivity contribution in [3.8, 4) is 0 Å². The van der Waals surface area contributed by atoms with Crippen LogP contribution < -0.4 is 10.4 Å². The molecule has 3 unspecified atom stereocenters. The molecule has 0 radical (unpaired) electrons. The van der Waals surface area contributed by atoms with Gasteiger partial charge in [0, 0.05) is 17.8 Å². The summed E-state index contributed by atoms with van der Waals surface area (Å²) in [5.74, 6) is 0.847. The average Bonchev–Trinajstić information content (AvgIpc) is 3.14. The van der Waals surface area contributed by atoms with E-state index in [4.69, 9.17) is 0 Å².